The molecule has 0 unspecified atom stereocenters. The second kappa shape index (κ2) is 9.32. The number of fused-ring (bicyclic) bond motifs is 1. The highest BCUT2D eigenvalue weighted by Gasteiger charge is 2.25. The lowest BCUT2D eigenvalue weighted by Gasteiger charge is -2.16. The van der Waals surface area contributed by atoms with Crippen LogP contribution in [0.3, 0.4) is 0 Å². The summed E-state index contributed by atoms with van der Waals surface area (Å²) >= 11 is 0. The van der Waals surface area contributed by atoms with Crippen molar-refractivity contribution in [3.05, 3.63) is 70.0 Å². The van der Waals surface area contributed by atoms with Gasteiger partial charge in [0.2, 0.25) is 0 Å². The number of esters is 1. The summed E-state index contributed by atoms with van der Waals surface area (Å²) in [5.74, 6) is -0.489. The molecule has 0 bridgehead atoms. The average molecular weight is 455 g/mol. The molecule has 0 fully saturated rings. The summed E-state index contributed by atoms with van der Waals surface area (Å²) in [5.41, 5.74) is 3.58. The number of hydrogen-bond donors (Lipinski definition) is 2. The molecule has 1 aliphatic heterocycles. The molecule has 2 N–H and O–H groups in total. The van der Waals surface area contributed by atoms with Crippen LogP contribution in [0.25, 0.3) is 5.82 Å². The number of aromatic nitrogens is 3. The van der Waals surface area contributed by atoms with Crippen molar-refractivity contribution in [2.24, 2.45) is 0 Å². The predicted molar refractivity (Wildman–Crippen MR) is 110 cm³/mol. The van der Waals surface area contributed by atoms with Crippen molar-refractivity contribution in [2.45, 2.75) is 32.8 Å². The number of cyclic esters (lactones) is 1. The molecule has 3 heterocycles. The van der Waals surface area contributed by atoms with E-state index in [2.05, 4.69) is 20.1 Å². The minimum atomic E-state index is -3.09. The van der Waals surface area contributed by atoms with Gasteiger partial charge in [-0.05, 0) is 35.7 Å². The second-order valence-corrected chi connectivity index (χ2v) is 7.34. The van der Waals surface area contributed by atoms with Gasteiger partial charge in [-0.3, -0.25) is 0 Å². The number of alkyl halides is 2. The van der Waals surface area contributed by atoms with Gasteiger partial charge in [-0.15, -0.1) is 5.10 Å². The minimum absolute atomic E-state index is 0.130. The Kier molecular flexibility index (Phi) is 6.30. The first-order valence-electron chi connectivity index (χ1n) is 9.95. The first kappa shape index (κ1) is 22.3. The van der Waals surface area contributed by atoms with Crippen molar-refractivity contribution in [1.82, 2.24) is 20.1 Å². The Bertz CT molecular complexity index is 1220. The number of pyridine rings is 1. The van der Waals surface area contributed by atoms with E-state index < -0.39 is 18.6 Å². The van der Waals surface area contributed by atoms with Crippen molar-refractivity contribution in [2.75, 3.05) is 6.54 Å². The summed E-state index contributed by atoms with van der Waals surface area (Å²) in [5, 5.41) is 26.6. The number of halogens is 2. The van der Waals surface area contributed by atoms with E-state index in [1.807, 2.05) is 6.92 Å². The fourth-order valence-corrected chi connectivity index (χ4v) is 3.57. The van der Waals surface area contributed by atoms with E-state index in [-0.39, 0.29) is 24.7 Å². The molecule has 0 saturated heterocycles. The summed E-state index contributed by atoms with van der Waals surface area (Å²) in [6.07, 6.45) is 2.05. The lowest BCUT2D eigenvalue weighted by atomic mass is 9.95. The zero-order valence-corrected chi connectivity index (χ0v) is 17.5. The van der Waals surface area contributed by atoms with Crippen LogP contribution in [-0.4, -0.2) is 39.0 Å². The van der Waals surface area contributed by atoms with E-state index >= 15 is 0 Å². The molecule has 2 aromatic heterocycles. The van der Waals surface area contributed by atoms with Crippen molar-refractivity contribution in [3.63, 3.8) is 0 Å². The molecular weight excluding hydrogens is 436 g/mol. The minimum Gasteiger partial charge on any atom is -0.457 e. The maximum atomic E-state index is 12.4. The fourth-order valence-electron chi connectivity index (χ4n) is 3.57. The standard InChI is InChI=1S/C22H19F2N5O4/c1-12-15(3-4-16-17(12)11-32-21(16)31)18(30)9-26-7-13-2-5-19(27-8-13)29-10-14(6-25)20(28-29)33-22(23)24/h2-5,8,10,18,22,26,30H,7,9,11H2,1H3/t18-/m0/s1. The van der Waals surface area contributed by atoms with Gasteiger partial charge in [0.15, 0.2) is 5.82 Å². The molecule has 1 aliphatic rings. The van der Waals surface area contributed by atoms with Gasteiger partial charge in [-0.2, -0.15) is 14.0 Å². The van der Waals surface area contributed by atoms with E-state index in [0.717, 1.165) is 22.3 Å². The summed E-state index contributed by atoms with van der Waals surface area (Å²) in [7, 11) is 0. The van der Waals surface area contributed by atoms with Crippen molar-refractivity contribution >= 4 is 5.97 Å². The van der Waals surface area contributed by atoms with Crippen molar-refractivity contribution in [3.8, 4) is 17.8 Å². The molecule has 0 saturated carbocycles. The van der Waals surface area contributed by atoms with Crippen LogP contribution < -0.4 is 10.1 Å². The third-order valence-corrected chi connectivity index (χ3v) is 5.28. The van der Waals surface area contributed by atoms with Crippen LogP contribution >= 0.6 is 0 Å². The van der Waals surface area contributed by atoms with E-state index in [1.165, 1.54) is 10.9 Å². The lowest BCUT2D eigenvalue weighted by molar-refractivity contribution is -0.0532. The van der Waals surface area contributed by atoms with Crippen molar-refractivity contribution < 1.29 is 28.2 Å². The summed E-state index contributed by atoms with van der Waals surface area (Å²) < 4.78 is 35.3. The van der Waals surface area contributed by atoms with Gasteiger partial charge in [0, 0.05) is 24.8 Å². The number of aliphatic hydroxyl groups excluding tert-OH is 1. The van der Waals surface area contributed by atoms with Gasteiger partial charge in [0.25, 0.3) is 5.88 Å². The summed E-state index contributed by atoms with van der Waals surface area (Å²) in [6.45, 7) is -0.331. The first-order chi connectivity index (χ1) is 15.9. The second-order valence-electron chi connectivity index (χ2n) is 7.34. The molecular formula is C22H19F2N5O4. The maximum absolute atomic E-state index is 12.4. The largest absolute Gasteiger partial charge is 0.457 e. The van der Waals surface area contributed by atoms with Crippen LogP contribution in [0, 0.1) is 18.3 Å². The molecule has 0 spiro atoms. The topological polar surface area (TPSA) is 122 Å². The van der Waals surface area contributed by atoms with Gasteiger partial charge in [0.05, 0.1) is 17.9 Å². The Balaban J connectivity index is 1.36. The number of nitrogens with zero attached hydrogens (tertiary/aromatic N) is 4. The number of carbonyl (C=O) groups is 1. The Morgan fingerprint density at radius 3 is 2.88 bits per heavy atom. The van der Waals surface area contributed by atoms with Gasteiger partial charge in [-0.1, -0.05) is 12.1 Å². The molecule has 170 valence electrons. The summed E-state index contributed by atoms with van der Waals surface area (Å²) in [6, 6.07) is 8.53. The maximum Gasteiger partial charge on any atom is 0.388 e. The number of aliphatic hydroxyl groups is 1. The third-order valence-electron chi connectivity index (χ3n) is 5.28. The highest BCUT2D eigenvalue weighted by atomic mass is 19.3. The van der Waals surface area contributed by atoms with Gasteiger partial charge < -0.3 is 19.9 Å². The summed E-state index contributed by atoms with van der Waals surface area (Å²) in [4.78, 5) is 15.9. The van der Waals surface area contributed by atoms with Crippen LogP contribution in [0.5, 0.6) is 5.88 Å². The van der Waals surface area contributed by atoms with Gasteiger partial charge >= 0.3 is 12.6 Å². The Morgan fingerprint density at radius 2 is 2.18 bits per heavy atom. The van der Waals surface area contributed by atoms with Crippen LogP contribution in [-0.2, 0) is 17.9 Å². The molecule has 33 heavy (non-hydrogen) atoms. The number of ether oxygens (including phenoxy) is 2. The molecule has 1 atom stereocenters. The SMILES string of the molecule is Cc1c([C@@H](O)CNCc2ccc(-n3cc(C#N)c(OC(F)F)n3)nc2)ccc2c1COC2=O. The average Bonchev–Trinajstić information content (AvgIpc) is 3.38. The Morgan fingerprint density at radius 1 is 1.36 bits per heavy atom. The number of carbonyl (C=O) groups excluding carboxylic acids is 1. The Labute approximate surface area is 187 Å². The third kappa shape index (κ3) is 4.67. The van der Waals surface area contributed by atoms with Gasteiger partial charge in [0.1, 0.15) is 18.2 Å². The van der Waals surface area contributed by atoms with E-state index in [9.17, 15) is 18.7 Å². The zero-order chi connectivity index (χ0) is 23.5. The predicted octanol–water partition coefficient (Wildman–Crippen LogP) is 2.54. The quantitative estimate of drug-likeness (QED) is 0.497. The highest BCUT2D eigenvalue weighted by molar-refractivity contribution is 5.93. The normalized spacial score (nSPS) is 13.5. The highest BCUT2D eigenvalue weighted by Crippen LogP contribution is 2.29. The number of hydrogen-bond acceptors (Lipinski definition) is 8. The van der Waals surface area contributed by atoms with E-state index in [4.69, 9.17) is 10.00 Å². The molecule has 9 nitrogen and oxygen atoms in total. The number of benzene rings is 1. The molecule has 0 amide bonds. The molecule has 0 radical (unpaired) electrons. The van der Waals surface area contributed by atoms with Crippen molar-refractivity contribution in [1.29, 1.82) is 5.26 Å². The van der Waals surface area contributed by atoms with E-state index in [0.29, 0.717) is 17.9 Å². The smallest absolute Gasteiger partial charge is 0.388 e. The zero-order valence-electron chi connectivity index (χ0n) is 17.5. The fraction of sp³-hybridized carbons (Fsp3) is 0.273. The van der Waals surface area contributed by atoms with E-state index in [1.54, 1.807) is 36.5 Å². The number of rotatable bonds is 8. The number of nitriles is 1. The molecule has 3 aromatic rings. The van der Waals surface area contributed by atoms with Gasteiger partial charge in [-0.25, -0.2) is 14.5 Å². The number of nitrogens with one attached hydrogen (secondary N) is 1. The monoisotopic (exact) mass is 455 g/mol. The van der Waals surface area contributed by atoms with Crippen LogP contribution in [0.4, 0.5) is 8.78 Å². The molecule has 1 aromatic carbocycles. The first-order valence-corrected chi connectivity index (χ1v) is 9.95. The molecule has 11 heteroatoms. The molecule has 4 rings (SSSR count). The lowest BCUT2D eigenvalue weighted by Crippen LogP contribution is -2.22. The van der Waals surface area contributed by atoms with Crippen LogP contribution in [0.15, 0.2) is 36.7 Å². The Hall–Kier alpha value is -3.88. The molecule has 0 aliphatic carbocycles. The van der Waals surface area contributed by atoms with Crippen LogP contribution in [0.2, 0.25) is 0 Å². The van der Waals surface area contributed by atoms with Crippen LogP contribution in [0.1, 0.15) is 44.3 Å².